The Bertz CT molecular complexity index is 1170. The van der Waals surface area contributed by atoms with Crippen molar-refractivity contribution in [1.82, 2.24) is 29.9 Å². The molecule has 0 aliphatic heterocycles. The van der Waals surface area contributed by atoms with Crippen molar-refractivity contribution in [1.29, 1.82) is 0 Å². The molecule has 0 saturated heterocycles. The SMILES string of the molecule is CC#Cc1ccc(-c2csc(NC(=O)c3cnnn3-c3ccncc3)n2)nc1. The van der Waals surface area contributed by atoms with Gasteiger partial charge in [-0.2, -0.15) is 0 Å². The van der Waals surface area contributed by atoms with Gasteiger partial charge in [0.2, 0.25) is 0 Å². The molecule has 1 N–H and O–H groups in total. The topological polar surface area (TPSA) is 98.5 Å². The largest absolute Gasteiger partial charge is 0.296 e. The summed E-state index contributed by atoms with van der Waals surface area (Å²) in [5.41, 5.74) is 3.21. The van der Waals surface area contributed by atoms with Crippen LogP contribution in [-0.4, -0.2) is 35.9 Å². The fourth-order valence-electron chi connectivity index (χ4n) is 2.44. The molecule has 1 amide bonds. The molecule has 0 radical (unpaired) electrons. The molecule has 28 heavy (non-hydrogen) atoms. The maximum atomic E-state index is 12.6. The van der Waals surface area contributed by atoms with E-state index in [9.17, 15) is 4.79 Å². The molecule has 0 spiro atoms. The lowest BCUT2D eigenvalue weighted by molar-refractivity contribution is 0.101. The number of carbonyl (C=O) groups excluding carboxylic acids is 1. The average Bonchev–Trinajstić information content (AvgIpc) is 3.39. The molecule has 4 aromatic rings. The van der Waals surface area contributed by atoms with Crippen LogP contribution < -0.4 is 5.32 Å². The number of hydrogen-bond acceptors (Lipinski definition) is 7. The number of rotatable bonds is 4. The highest BCUT2D eigenvalue weighted by atomic mass is 32.1. The minimum absolute atomic E-state index is 0.295. The number of thiazole rings is 1. The first-order valence-electron chi connectivity index (χ1n) is 8.22. The normalized spacial score (nSPS) is 10.2. The Labute approximate surface area is 164 Å². The minimum Gasteiger partial charge on any atom is -0.296 e. The first-order valence-corrected chi connectivity index (χ1v) is 9.10. The van der Waals surface area contributed by atoms with Gasteiger partial charge in [-0.15, -0.1) is 22.4 Å². The average molecular weight is 387 g/mol. The van der Waals surface area contributed by atoms with Crippen LogP contribution in [0.2, 0.25) is 0 Å². The molecule has 136 valence electrons. The van der Waals surface area contributed by atoms with Crippen LogP contribution in [0.3, 0.4) is 0 Å². The van der Waals surface area contributed by atoms with Gasteiger partial charge in [-0.1, -0.05) is 11.1 Å². The molecular weight excluding hydrogens is 374 g/mol. The van der Waals surface area contributed by atoms with E-state index in [0.29, 0.717) is 27.9 Å². The zero-order valence-corrected chi connectivity index (χ0v) is 15.5. The van der Waals surface area contributed by atoms with Crippen molar-refractivity contribution in [3.63, 3.8) is 0 Å². The van der Waals surface area contributed by atoms with E-state index in [4.69, 9.17) is 0 Å². The first kappa shape index (κ1) is 17.5. The van der Waals surface area contributed by atoms with E-state index >= 15 is 0 Å². The van der Waals surface area contributed by atoms with Crippen molar-refractivity contribution >= 4 is 22.4 Å². The molecule has 0 fully saturated rings. The molecule has 4 rings (SSSR count). The second-order valence-electron chi connectivity index (χ2n) is 5.54. The summed E-state index contributed by atoms with van der Waals surface area (Å²) in [5.74, 6) is 5.42. The third-order valence-electron chi connectivity index (χ3n) is 3.71. The first-order chi connectivity index (χ1) is 13.7. The highest BCUT2D eigenvalue weighted by Gasteiger charge is 2.16. The van der Waals surface area contributed by atoms with Crippen molar-refractivity contribution < 1.29 is 4.79 Å². The molecular formula is C19H13N7OS. The molecule has 0 aromatic carbocycles. The highest BCUT2D eigenvalue weighted by molar-refractivity contribution is 7.14. The van der Waals surface area contributed by atoms with Crippen molar-refractivity contribution in [2.24, 2.45) is 0 Å². The minimum atomic E-state index is -0.357. The van der Waals surface area contributed by atoms with Crippen molar-refractivity contribution in [2.75, 3.05) is 5.32 Å². The summed E-state index contributed by atoms with van der Waals surface area (Å²) in [7, 11) is 0. The Morgan fingerprint density at radius 2 is 2.00 bits per heavy atom. The summed E-state index contributed by atoms with van der Waals surface area (Å²) < 4.78 is 1.45. The summed E-state index contributed by atoms with van der Waals surface area (Å²) in [6.07, 6.45) is 6.34. The van der Waals surface area contributed by atoms with E-state index in [1.807, 2.05) is 17.5 Å². The monoisotopic (exact) mass is 387 g/mol. The highest BCUT2D eigenvalue weighted by Crippen LogP contribution is 2.24. The number of amides is 1. The third-order valence-corrected chi connectivity index (χ3v) is 4.47. The smallest absolute Gasteiger partial charge is 0.277 e. The zero-order chi connectivity index (χ0) is 19.3. The van der Waals surface area contributed by atoms with Gasteiger partial charge in [0.15, 0.2) is 10.8 Å². The van der Waals surface area contributed by atoms with Gasteiger partial charge in [-0.25, -0.2) is 9.67 Å². The Morgan fingerprint density at radius 1 is 1.14 bits per heavy atom. The molecule has 8 nitrogen and oxygen atoms in total. The van der Waals surface area contributed by atoms with Crippen LogP contribution in [-0.2, 0) is 0 Å². The van der Waals surface area contributed by atoms with E-state index in [0.717, 1.165) is 5.56 Å². The van der Waals surface area contributed by atoms with Crippen molar-refractivity contribution in [2.45, 2.75) is 6.92 Å². The number of nitrogens with zero attached hydrogens (tertiary/aromatic N) is 6. The fraction of sp³-hybridized carbons (Fsp3) is 0.0526. The number of pyridine rings is 2. The van der Waals surface area contributed by atoms with Crippen LogP contribution in [0, 0.1) is 11.8 Å². The van der Waals surface area contributed by atoms with E-state index < -0.39 is 0 Å². The van der Waals surface area contributed by atoms with E-state index in [-0.39, 0.29) is 5.91 Å². The second kappa shape index (κ2) is 7.77. The summed E-state index contributed by atoms with van der Waals surface area (Å²) in [6, 6.07) is 7.22. The van der Waals surface area contributed by atoms with Crippen LogP contribution >= 0.6 is 11.3 Å². The van der Waals surface area contributed by atoms with Crippen LogP contribution in [0.15, 0.2) is 54.4 Å². The predicted octanol–water partition coefficient (Wildman–Crippen LogP) is 2.80. The van der Waals surface area contributed by atoms with Crippen LogP contribution in [0.5, 0.6) is 0 Å². The lowest BCUT2D eigenvalue weighted by Gasteiger charge is -2.05. The predicted molar refractivity (Wildman–Crippen MR) is 105 cm³/mol. The molecule has 0 saturated carbocycles. The lowest BCUT2D eigenvalue weighted by Crippen LogP contribution is -2.16. The molecule has 0 aliphatic rings. The molecule has 0 atom stereocenters. The van der Waals surface area contributed by atoms with E-state index in [2.05, 4.69) is 42.4 Å². The van der Waals surface area contributed by atoms with Gasteiger partial charge in [-0.3, -0.25) is 20.1 Å². The Balaban J connectivity index is 1.52. The Morgan fingerprint density at radius 3 is 2.75 bits per heavy atom. The quantitative estimate of drug-likeness (QED) is 0.541. The molecule has 4 aromatic heterocycles. The van der Waals surface area contributed by atoms with Gasteiger partial charge in [0.1, 0.15) is 5.69 Å². The van der Waals surface area contributed by atoms with Crippen molar-refractivity contribution in [3.8, 4) is 28.9 Å². The lowest BCUT2D eigenvalue weighted by atomic mass is 10.2. The number of nitrogens with one attached hydrogen (secondary N) is 1. The Kier molecular flexibility index (Phi) is 4.86. The van der Waals surface area contributed by atoms with Gasteiger partial charge >= 0.3 is 0 Å². The van der Waals surface area contributed by atoms with Crippen LogP contribution in [0.4, 0.5) is 5.13 Å². The van der Waals surface area contributed by atoms with E-state index in [1.54, 1.807) is 37.6 Å². The Hall–Kier alpha value is -3.90. The third kappa shape index (κ3) is 3.62. The fourth-order valence-corrected chi connectivity index (χ4v) is 3.14. The summed E-state index contributed by atoms with van der Waals surface area (Å²) in [6.45, 7) is 1.78. The number of anilines is 1. The summed E-state index contributed by atoms with van der Waals surface area (Å²) in [4.78, 5) is 25.4. The number of carbonyl (C=O) groups is 1. The summed E-state index contributed by atoms with van der Waals surface area (Å²) >= 11 is 1.32. The molecule has 0 unspecified atom stereocenters. The van der Waals surface area contributed by atoms with E-state index in [1.165, 1.54) is 22.2 Å². The van der Waals surface area contributed by atoms with Gasteiger partial charge in [0.05, 0.1) is 17.6 Å². The van der Waals surface area contributed by atoms with Gasteiger partial charge in [0, 0.05) is 29.5 Å². The van der Waals surface area contributed by atoms with Gasteiger partial charge in [-0.05, 0) is 31.2 Å². The van der Waals surface area contributed by atoms with Crippen LogP contribution in [0.1, 0.15) is 23.0 Å². The zero-order valence-electron chi connectivity index (χ0n) is 14.7. The molecule has 0 aliphatic carbocycles. The maximum absolute atomic E-state index is 12.6. The molecule has 4 heterocycles. The van der Waals surface area contributed by atoms with Gasteiger partial charge in [0.25, 0.3) is 5.91 Å². The summed E-state index contributed by atoms with van der Waals surface area (Å²) in [5, 5.41) is 12.9. The van der Waals surface area contributed by atoms with Crippen molar-refractivity contribution in [3.05, 3.63) is 65.7 Å². The van der Waals surface area contributed by atoms with Gasteiger partial charge < -0.3 is 0 Å². The maximum Gasteiger partial charge on any atom is 0.277 e. The standard InChI is InChI=1S/C19H13N7OS/c1-2-3-13-4-5-15(21-10-13)16-12-28-19(23-16)24-18(27)17-11-22-25-26(17)14-6-8-20-9-7-14/h4-12H,1H3,(H,23,24,27). The molecule has 0 bridgehead atoms. The number of aromatic nitrogens is 6. The second-order valence-corrected chi connectivity index (χ2v) is 6.39. The molecule has 9 heteroatoms. The number of hydrogen-bond donors (Lipinski definition) is 1. The van der Waals surface area contributed by atoms with Crippen LogP contribution in [0.25, 0.3) is 17.1 Å².